The molecule has 0 radical (unpaired) electrons. The molecule has 110 valence electrons. The normalized spacial score (nSPS) is 11.3. The average Bonchev–Trinajstić information content (AvgIpc) is 2.54. The summed E-state index contributed by atoms with van der Waals surface area (Å²) in [4.78, 5) is 23.3. The van der Waals surface area contributed by atoms with E-state index in [9.17, 15) is 14.9 Å². The lowest BCUT2D eigenvalue weighted by Crippen LogP contribution is -2.30. The summed E-state index contributed by atoms with van der Waals surface area (Å²) in [7, 11) is 0. The first-order chi connectivity index (χ1) is 10.5. The fourth-order valence-electron chi connectivity index (χ4n) is 1.99. The third-order valence-electron chi connectivity index (χ3n) is 3.17. The first-order valence-corrected chi connectivity index (χ1v) is 6.63. The van der Waals surface area contributed by atoms with E-state index in [4.69, 9.17) is 10.5 Å². The lowest BCUT2D eigenvalue weighted by atomic mass is 9.96. The van der Waals surface area contributed by atoms with Crippen LogP contribution in [0.3, 0.4) is 0 Å². The summed E-state index contributed by atoms with van der Waals surface area (Å²) >= 11 is 0. The molecule has 0 heterocycles. The molecule has 0 saturated heterocycles. The predicted molar refractivity (Wildman–Crippen MR) is 80.7 cm³/mol. The van der Waals surface area contributed by atoms with Gasteiger partial charge in [0.05, 0.1) is 17.2 Å². The molecule has 1 amide bonds. The molecule has 22 heavy (non-hydrogen) atoms. The van der Waals surface area contributed by atoms with Gasteiger partial charge in [0.2, 0.25) is 0 Å². The largest absolute Gasteiger partial charge is 0.449 e. The standard InChI is InChI=1S/C17H14N2O3/c1-11(16(19)20)22-17(21)15-9-5-4-8-14(15)13-7-3-2-6-12(13)10-18/h2-9,11H,1H3,(H2,19,20)/t11-/m0/s1. The van der Waals surface area contributed by atoms with Crippen molar-refractivity contribution in [3.05, 3.63) is 59.7 Å². The molecule has 0 spiro atoms. The molecule has 2 N–H and O–H groups in total. The monoisotopic (exact) mass is 294 g/mol. The van der Waals surface area contributed by atoms with Crippen molar-refractivity contribution in [2.24, 2.45) is 5.73 Å². The number of hydrogen-bond donors (Lipinski definition) is 1. The van der Waals surface area contributed by atoms with Gasteiger partial charge in [0.1, 0.15) is 0 Å². The van der Waals surface area contributed by atoms with Crippen LogP contribution in [0.1, 0.15) is 22.8 Å². The van der Waals surface area contributed by atoms with Crippen molar-refractivity contribution >= 4 is 11.9 Å². The van der Waals surface area contributed by atoms with E-state index in [1.165, 1.54) is 6.92 Å². The van der Waals surface area contributed by atoms with Crippen molar-refractivity contribution in [1.29, 1.82) is 5.26 Å². The number of rotatable bonds is 4. The molecule has 0 aliphatic heterocycles. The Bertz CT molecular complexity index is 762. The number of amides is 1. The Morgan fingerprint density at radius 2 is 1.68 bits per heavy atom. The van der Waals surface area contributed by atoms with E-state index in [2.05, 4.69) is 6.07 Å². The summed E-state index contributed by atoms with van der Waals surface area (Å²) < 4.78 is 5.04. The van der Waals surface area contributed by atoms with Crippen LogP contribution < -0.4 is 5.73 Å². The zero-order valence-electron chi connectivity index (χ0n) is 11.9. The number of nitriles is 1. The van der Waals surface area contributed by atoms with Crippen molar-refractivity contribution in [3.63, 3.8) is 0 Å². The second kappa shape index (κ2) is 6.55. The Hall–Kier alpha value is -3.13. The van der Waals surface area contributed by atoms with Crippen LogP contribution >= 0.6 is 0 Å². The molecule has 5 heteroatoms. The van der Waals surface area contributed by atoms with Gasteiger partial charge in [0.25, 0.3) is 5.91 Å². The number of carbonyl (C=O) groups is 2. The lowest BCUT2D eigenvalue weighted by Gasteiger charge is -2.13. The molecule has 0 fully saturated rings. The van der Waals surface area contributed by atoms with Crippen molar-refractivity contribution in [3.8, 4) is 17.2 Å². The maximum absolute atomic E-state index is 12.2. The van der Waals surface area contributed by atoms with E-state index in [1.54, 1.807) is 48.5 Å². The van der Waals surface area contributed by atoms with Gasteiger partial charge >= 0.3 is 5.97 Å². The number of nitrogens with two attached hydrogens (primary N) is 1. The summed E-state index contributed by atoms with van der Waals surface area (Å²) in [6.45, 7) is 1.41. The van der Waals surface area contributed by atoms with Crippen LogP contribution in [0, 0.1) is 11.3 Å². The van der Waals surface area contributed by atoms with Crippen LogP contribution in [0.25, 0.3) is 11.1 Å². The van der Waals surface area contributed by atoms with Gasteiger partial charge in [-0.25, -0.2) is 4.79 Å². The number of primary amides is 1. The first kappa shape index (κ1) is 15.3. The van der Waals surface area contributed by atoms with Crippen LogP contribution in [-0.2, 0) is 9.53 Å². The molecule has 5 nitrogen and oxygen atoms in total. The van der Waals surface area contributed by atoms with Gasteiger partial charge in [-0.3, -0.25) is 4.79 Å². The maximum Gasteiger partial charge on any atom is 0.339 e. The topological polar surface area (TPSA) is 93.2 Å². The first-order valence-electron chi connectivity index (χ1n) is 6.63. The molecule has 0 bridgehead atoms. The second-order valence-corrected chi connectivity index (χ2v) is 4.65. The van der Waals surface area contributed by atoms with Crippen LogP contribution in [0.15, 0.2) is 48.5 Å². The number of esters is 1. The van der Waals surface area contributed by atoms with Crippen molar-refractivity contribution in [2.75, 3.05) is 0 Å². The fraction of sp³-hybridized carbons (Fsp3) is 0.118. The molecule has 0 aromatic heterocycles. The number of hydrogen-bond acceptors (Lipinski definition) is 4. The van der Waals surface area contributed by atoms with Crippen LogP contribution in [0.2, 0.25) is 0 Å². The van der Waals surface area contributed by atoms with Gasteiger partial charge in [0, 0.05) is 5.56 Å². The molecule has 1 atom stereocenters. The van der Waals surface area contributed by atoms with Crippen LogP contribution in [0.5, 0.6) is 0 Å². The summed E-state index contributed by atoms with van der Waals surface area (Å²) in [5.41, 5.74) is 7.02. The zero-order chi connectivity index (χ0) is 16.1. The van der Waals surface area contributed by atoms with Crippen LogP contribution in [-0.4, -0.2) is 18.0 Å². The molecular weight excluding hydrogens is 280 g/mol. The molecule has 2 aromatic carbocycles. The van der Waals surface area contributed by atoms with Crippen molar-refractivity contribution < 1.29 is 14.3 Å². The fourth-order valence-corrected chi connectivity index (χ4v) is 1.99. The molecule has 0 aliphatic carbocycles. The number of nitrogens with zero attached hydrogens (tertiary/aromatic N) is 1. The predicted octanol–water partition coefficient (Wildman–Crippen LogP) is 2.26. The van der Waals surface area contributed by atoms with Gasteiger partial charge in [-0.1, -0.05) is 36.4 Å². The Kier molecular flexibility index (Phi) is 4.54. The molecule has 2 aromatic rings. The third kappa shape index (κ3) is 3.13. The highest BCUT2D eigenvalue weighted by Crippen LogP contribution is 2.27. The van der Waals surface area contributed by atoms with Crippen molar-refractivity contribution in [2.45, 2.75) is 13.0 Å². The Balaban J connectivity index is 2.46. The molecule has 0 saturated carbocycles. The molecular formula is C17H14N2O3. The van der Waals surface area contributed by atoms with E-state index < -0.39 is 18.0 Å². The van der Waals surface area contributed by atoms with E-state index in [0.29, 0.717) is 16.7 Å². The number of ether oxygens (including phenoxy) is 1. The van der Waals surface area contributed by atoms with E-state index in [1.807, 2.05) is 0 Å². The second-order valence-electron chi connectivity index (χ2n) is 4.65. The van der Waals surface area contributed by atoms with Gasteiger partial charge in [-0.05, 0) is 24.6 Å². The highest BCUT2D eigenvalue weighted by molar-refractivity contribution is 5.99. The minimum absolute atomic E-state index is 0.276. The van der Waals surface area contributed by atoms with Gasteiger partial charge in [-0.2, -0.15) is 5.26 Å². The number of carbonyl (C=O) groups excluding carboxylic acids is 2. The summed E-state index contributed by atoms with van der Waals surface area (Å²) in [5, 5.41) is 9.20. The highest BCUT2D eigenvalue weighted by atomic mass is 16.5. The summed E-state index contributed by atoms with van der Waals surface area (Å²) in [6.07, 6.45) is -1.02. The maximum atomic E-state index is 12.2. The molecule has 0 unspecified atom stereocenters. The quantitative estimate of drug-likeness (QED) is 0.875. The smallest absolute Gasteiger partial charge is 0.339 e. The number of benzene rings is 2. The Labute approximate surface area is 127 Å². The minimum Gasteiger partial charge on any atom is -0.449 e. The SMILES string of the molecule is C[C@H](OC(=O)c1ccccc1-c1ccccc1C#N)C(N)=O. The summed E-state index contributed by atoms with van der Waals surface area (Å²) in [5.74, 6) is -1.38. The highest BCUT2D eigenvalue weighted by Gasteiger charge is 2.20. The van der Waals surface area contributed by atoms with Gasteiger partial charge in [-0.15, -0.1) is 0 Å². The van der Waals surface area contributed by atoms with Gasteiger partial charge in [0.15, 0.2) is 6.10 Å². The minimum atomic E-state index is -1.02. The van der Waals surface area contributed by atoms with Crippen molar-refractivity contribution in [1.82, 2.24) is 0 Å². The Morgan fingerprint density at radius 3 is 2.32 bits per heavy atom. The third-order valence-corrected chi connectivity index (χ3v) is 3.17. The van der Waals surface area contributed by atoms with Crippen LogP contribution in [0.4, 0.5) is 0 Å². The molecule has 0 aliphatic rings. The van der Waals surface area contributed by atoms with Gasteiger partial charge < -0.3 is 10.5 Å². The lowest BCUT2D eigenvalue weighted by molar-refractivity contribution is -0.125. The zero-order valence-corrected chi connectivity index (χ0v) is 11.9. The van der Waals surface area contributed by atoms with E-state index in [-0.39, 0.29) is 5.56 Å². The molecule has 2 rings (SSSR count). The van der Waals surface area contributed by atoms with E-state index in [0.717, 1.165) is 0 Å². The van der Waals surface area contributed by atoms with E-state index >= 15 is 0 Å². The Morgan fingerprint density at radius 1 is 1.09 bits per heavy atom. The average molecular weight is 294 g/mol. The summed E-state index contributed by atoms with van der Waals surface area (Å²) in [6, 6.07) is 15.8.